The third-order valence-electron chi connectivity index (χ3n) is 6.80. The van der Waals surface area contributed by atoms with E-state index in [1.807, 2.05) is 12.1 Å². The minimum atomic E-state index is -1.04. The molecule has 0 bridgehead atoms. The van der Waals surface area contributed by atoms with Crippen LogP contribution in [0, 0.1) is 23.5 Å². The molecule has 0 aromatic heterocycles. The zero-order chi connectivity index (χ0) is 22.8. The van der Waals surface area contributed by atoms with Crippen molar-refractivity contribution in [3.05, 3.63) is 65.2 Å². The van der Waals surface area contributed by atoms with Gasteiger partial charge < -0.3 is 4.74 Å². The van der Waals surface area contributed by atoms with E-state index >= 15 is 0 Å². The molecule has 1 fully saturated rings. The van der Waals surface area contributed by atoms with Gasteiger partial charge in [-0.3, -0.25) is 0 Å². The van der Waals surface area contributed by atoms with Crippen LogP contribution in [0.4, 0.5) is 8.78 Å². The summed E-state index contributed by atoms with van der Waals surface area (Å²) in [6.45, 7) is 2.28. The number of hydrogen-bond donors (Lipinski definition) is 0. The van der Waals surface area contributed by atoms with Gasteiger partial charge in [0.2, 0.25) is 0 Å². The van der Waals surface area contributed by atoms with Crippen LogP contribution in [0.5, 0.6) is 5.75 Å². The first-order chi connectivity index (χ1) is 15.5. The van der Waals surface area contributed by atoms with Gasteiger partial charge in [0.25, 0.3) is 0 Å². The normalized spacial score (nSPS) is 18.5. The third kappa shape index (κ3) is 7.72. The SMILES string of the molecule is CCCCCC1CCC(CCCCc2ccc(C(=O)Oc3ccc(F)c(F)c3)cc2)CC1. The molecule has 2 aromatic carbocycles. The zero-order valence-electron chi connectivity index (χ0n) is 19.3. The highest BCUT2D eigenvalue weighted by Gasteiger charge is 2.20. The average molecular weight is 443 g/mol. The Bertz CT molecular complexity index is 839. The van der Waals surface area contributed by atoms with Gasteiger partial charge in [-0.05, 0) is 54.5 Å². The van der Waals surface area contributed by atoms with Crippen LogP contribution >= 0.6 is 0 Å². The molecule has 2 nitrogen and oxygen atoms in total. The van der Waals surface area contributed by atoms with Crippen molar-refractivity contribution in [1.29, 1.82) is 0 Å². The fourth-order valence-corrected chi connectivity index (χ4v) is 4.77. The second-order valence-electron chi connectivity index (χ2n) is 9.29. The molecule has 0 spiro atoms. The van der Waals surface area contributed by atoms with Gasteiger partial charge in [0.05, 0.1) is 5.56 Å². The number of halogens is 2. The van der Waals surface area contributed by atoms with Crippen molar-refractivity contribution in [2.24, 2.45) is 11.8 Å². The number of carbonyl (C=O) groups excluding carboxylic acids is 1. The molecule has 174 valence electrons. The van der Waals surface area contributed by atoms with Gasteiger partial charge in [-0.1, -0.05) is 83.3 Å². The summed E-state index contributed by atoms with van der Waals surface area (Å²) in [5, 5.41) is 0. The van der Waals surface area contributed by atoms with E-state index in [1.165, 1.54) is 75.8 Å². The van der Waals surface area contributed by atoms with E-state index in [0.717, 1.165) is 36.8 Å². The Kier molecular flexibility index (Phi) is 9.70. The average Bonchev–Trinajstić information content (AvgIpc) is 2.81. The fourth-order valence-electron chi connectivity index (χ4n) is 4.77. The van der Waals surface area contributed by atoms with Crippen LogP contribution in [0.15, 0.2) is 42.5 Å². The van der Waals surface area contributed by atoms with Gasteiger partial charge in [0.15, 0.2) is 11.6 Å². The van der Waals surface area contributed by atoms with E-state index in [4.69, 9.17) is 4.74 Å². The lowest BCUT2D eigenvalue weighted by molar-refractivity contribution is 0.0734. The highest BCUT2D eigenvalue weighted by Crippen LogP contribution is 2.34. The van der Waals surface area contributed by atoms with Crippen molar-refractivity contribution in [2.75, 3.05) is 0 Å². The topological polar surface area (TPSA) is 26.3 Å². The second-order valence-corrected chi connectivity index (χ2v) is 9.29. The Balaban J connectivity index is 1.33. The van der Waals surface area contributed by atoms with Gasteiger partial charge in [0.1, 0.15) is 5.75 Å². The van der Waals surface area contributed by atoms with Gasteiger partial charge >= 0.3 is 5.97 Å². The Hall–Kier alpha value is -2.23. The van der Waals surface area contributed by atoms with Gasteiger partial charge in [-0.15, -0.1) is 0 Å². The minimum absolute atomic E-state index is 0.00651. The molecule has 0 heterocycles. The summed E-state index contributed by atoms with van der Waals surface area (Å²) in [5.41, 5.74) is 1.60. The van der Waals surface area contributed by atoms with Crippen LogP contribution in [0.3, 0.4) is 0 Å². The monoisotopic (exact) mass is 442 g/mol. The predicted molar refractivity (Wildman–Crippen MR) is 125 cm³/mol. The van der Waals surface area contributed by atoms with Crippen LogP contribution in [-0.4, -0.2) is 5.97 Å². The quantitative estimate of drug-likeness (QED) is 0.199. The van der Waals surface area contributed by atoms with E-state index < -0.39 is 17.6 Å². The summed E-state index contributed by atoms with van der Waals surface area (Å²) in [4.78, 5) is 12.2. The Morgan fingerprint density at radius 3 is 2.06 bits per heavy atom. The van der Waals surface area contributed by atoms with Gasteiger partial charge in [-0.2, -0.15) is 0 Å². The molecule has 1 aliphatic rings. The molecule has 2 aromatic rings. The summed E-state index contributed by atoms with van der Waals surface area (Å²) >= 11 is 0. The molecule has 0 N–H and O–H groups in total. The molecule has 0 aliphatic heterocycles. The largest absolute Gasteiger partial charge is 0.423 e. The molecule has 0 radical (unpaired) electrons. The van der Waals surface area contributed by atoms with E-state index in [0.29, 0.717) is 5.56 Å². The third-order valence-corrected chi connectivity index (χ3v) is 6.80. The molecular formula is C28H36F2O2. The lowest BCUT2D eigenvalue weighted by Gasteiger charge is -2.28. The lowest BCUT2D eigenvalue weighted by Crippen LogP contribution is -2.14. The van der Waals surface area contributed by atoms with Crippen molar-refractivity contribution >= 4 is 5.97 Å². The molecule has 0 saturated heterocycles. The Morgan fingerprint density at radius 2 is 1.47 bits per heavy atom. The predicted octanol–water partition coefficient (Wildman–Crippen LogP) is 8.28. The van der Waals surface area contributed by atoms with E-state index in [1.54, 1.807) is 12.1 Å². The molecule has 0 atom stereocenters. The molecular weight excluding hydrogens is 406 g/mol. The molecule has 0 unspecified atom stereocenters. The van der Waals surface area contributed by atoms with Crippen LogP contribution in [0.25, 0.3) is 0 Å². The number of unbranched alkanes of at least 4 members (excludes halogenated alkanes) is 3. The standard InChI is InChI=1S/C28H36F2O2/c1-2-3-4-7-21-10-12-22(13-11-21)8-5-6-9-23-14-16-24(17-15-23)28(31)32-25-18-19-26(29)27(30)20-25/h14-22H,2-13H2,1H3. The number of benzene rings is 2. The van der Waals surface area contributed by atoms with Crippen LogP contribution in [0.1, 0.15) is 93.5 Å². The van der Waals surface area contributed by atoms with Crippen LogP contribution < -0.4 is 4.74 Å². The number of carbonyl (C=O) groups is 1. The van der Waals surface area contributed by atoms with E-state index in [2.05, 4.69) is 6.92 Å². The van der Waals surface area contributed by atoms with Crippen LogP contribution in [0.2, 0.25) is 0 Å². The summed E-state index contributed by atoms with van der Waals surface area (Å²) in [7, 11) is 0. The number of esters is 1. The van der Waals surface area contributed by atoms with Crippen molar-refractivity contribution in [2.45, 2.75) is 84.0 Å². The van der Waals surface area contributed by atoms with Crippen LogP contribution in [-0.2, 0) is 6.42 Å². The Labute approximate surface area is 191 Å². The first-order valence-corrected chi connectivity index (χ1v) is 12.3. The van der Waals surface area contributed by atoms with Crippen molar-refractivity contribution in [3.63, 3.8) is 0 Å². The van der Waals surface area contributed by atoms with Crippen molar-refractivity contribution in [1.82, 2.24) is 0 Å². The Morgan fingerprint density at radius 1 is 0.844 bits per heavy atom. The maximum atomic E-state index is 13.3. The zero-order valence-corrected chi connectivity index (χ0v) is 19.3. The highest BCUT2D eigenvalue weighted by atomic mass is 19.2. The second kappa shape index (κ2) is 12.7. The van der Waals surface area contributed by atoms with Crippen molar-refractivity contribution in [3.8, 4) is 5.75 Å². The smallest absolute Gasteiger partial charge is 0.343 e. The maximum Gasteiger partial charge on any atom is 0.343 e. The van der Waals surface area contributed by atoms with Crippen molar-refractivity contribution < 1.29 is 18.3 Å². The summed E-state index contributed by atoms with van der Waals surface area (Å²) in [6, 6.07) is 10.4. The molecule has 4 heteroatoms. The molecule has 0 amide bonds. The molecule has 1 saturated carbocycles. The van der Waals surface area contributed by atoms with E-state index in [9.17, 15) is 13.6 Å². The minimum Gasteiger partial charge on any atom is -0.423 e. The maximum absolute atomic E-state index is 13.3. The number of hydrogen-bond acceptors (Lipinski definition) is 2. The first kappa shape index (κ1) is 24.4. The summed E-state index contributed by atoms with van der Waals surface area (Å²) < 4.78 is 31.4. The number of rotatable bonds is 11. The van der Waals surface area contributed by atoms with Gasteiger partial charge in [-0.25, -0.2) is 13.6 Å². The summed E-state index contributed by atoms with van der Waals surface area (Å²) in [5.74, 6) is -0.702. The molecule has 3 rings (SSSR count). The molecule has 32 heavy (non-hydrogen) atoms. The lowest BCUT2D eigenvalue weighted by atomic mass is 9.78. The number of aryl methyl sites for hydroxylation is 1. The fraction of sp³-hybridized carbons (Fsp3) is 0.536. The number of ether oxygens (including phenoxy) is 1. The van der Waals surface area contributed by atoms with E-state index in [-0.39, 0.29) is 5.75 Å². The van der Waals surface area contributed by atoms with Gasteiger partial charge in [0, 0.05) is 6.07 Å². The highest BCUT2D eigenvalue weighted by molar-refractivity contribution is 5.91. The first-order valence-electron chi connectivity index (χ1n) is 12.3. The molecule has 1 aliphatic carbocycles. The summed E-state index contributed by atoms with van der Waals surface area (Å²) in [6.07, 6.45) is 16.0.